The minimum Gasteiger partial charge on any atom is -0.454 e. The van der Waals surface area contributed by atoms with Crippen LogP contribution in [0.15, 0.2) is 67.0 Å². The predicted molar refractivity (Wildman–Crippen MR) is 105 cm³/mol. The van der Waals surface area contributed by atoms with Gasteiger partial charge < -0.3 is 9.47 Å². The highest BCUT2D eigenvalue weighted by Gasteiger charge is 2.16. The van der Waals surface area contributed by atoms with E-state index in [9.17, 15) is 9.59 Å². The molecule has 0 bridgehead atoms. The molecule has 0 atom stereocenters. The molecule has 0 unspecified atom stereocenters. The molecule has 0 aliphatic carbocycles. The van der Waals surface area contributed by atoms with Gasteiger partial charge in [0, 0.05) is 23.4 Å². The van der Waals surface area contributed by atoms with Crippen molar-refractivity contribution in [2.24, 2.45) is 0 Å². The third-order valence-corrected chi connectivity index (χ3v) is 4.20. The van der Waals surface area contributed by atoms with E-state index in [0.717, 1.165) is 11.1 Å². The zero-order valence-corrected chi connectivity index (χ0v) is 15.4. The van der Waals surface area contributed by atoms with Crippen LogP contribution < -0.4 is 20.3 Å². The van der Waals surface area contributed by atoms with E-state index in [4.69, 9.17) is 9.47 Å². The summed E-state index contributed by atoms with van der Waals surface area (Å²) in [6.07, 6.45) is 6.44. The van der Waals surface area contributed by atoms with Crippen molar-refractivity contribution < 1.29 is 19.1 Å². The average Bonchev–Trinajstić information content (AvgIpc) is 3.40. The maximum absolute atomic E-state index is 12.1. The number of fused-ring (bicyclic) bond motifs is 1. The van der Waals surface area contributed by atoms with Crippen molar-refractivity contribution in [3.63, 3.8) is 0 Å². The van der Waals surface area contributed by atoms with Gasteiger partial charge in [-0.05, 0) is 29.8 Å². The van der Waals surface area contributed by atoms with Crippen molar-refractivity contribution in [2.75, 3.05) is 6.79 Å². The molecule has 0 saturated carbocycles. The minimum absolute atomic E-state index is 0.129. The number of hydrogen-bond donors (Lipinski definition) is 2. The molecule has 4 rings (SSSR count). The number of rotatable bonds is 5. The first-order valence-corrected chi connectivity index (χ1v) is 8.92. The van der Waals surface area contributed by atoms with Gasteiger partial charge in [-0.1, -0.05) is 30.3 Å². The molecule has 3 aromatic rings. The van der Waals surface area contributed by atoms with Crippen molar-refractivity contribution in [3.8, 4) is 11.5 Å². The lowest BCUT2D eigenvalue weighted by molar-refractivity contribution is -0.117. The van der Waals surface area contributed by atoms with E-state index < -0.39 is 11.8 Å². The fraction of sp³-hybridized carbons (Fsp3) is 0.0952. The highest BCUT2D eigenvalue weighted by molar-refractivity contribution is 5.98. The fourth-order valence-electron chi connectivity index (χ4n) is 2.76. The summed E-state index contributed by atoms with van der Waals surface area (Å²) in [7, 11) is 0. The Labute approximate surface area is 166 Å². The van der Waals surface area contributed by atoms with E-state index in [1.54, 1.807) is 35.2 Å². The monoisotopic (exact) mass is 390 g/mol. The van der Waals surface area contributed by atoms with Crippen LogP contribution in [0, 0.1) is 0 Å². The van der Waals surface area contributed by atoms with Crippen molar-refractivity contribution in [1.82, 2.24) is 20.6 Å². The second kappa shape index (κ2) is 8.30. The molecule has 2 N–H and O–H groups in total. The Hall–Kier alpha value is -4.07. The Morgan fingerprint density at radius 1 is 1.07 bits per heavy atom. The Kier molecular flexibility index (Phi) is 5.24. The van der Waals surface area contributed by atoms with Crippen LogP contribution in [0.4, 0.5) is 0 Å². The zero-order chi connectivity index (χ0) is 20.1. The second-order valence-corrected chi connectivity index (χ2v) is 6.30. The Balaban J connectivity index is 1.28. The number of ether oxygens (including phenoxy) is 2. The van der Waals surface area contributed by atoms with Gasteiger partial charge in [-0.2, -0.15) is 5.10 Å². The van der Waals surface area contributed by atoms with E-state index in [1.165, 1.54) is 6.08 Å². The van der Waals surface area contributed by atoms with Crippen LogP contribution in [0.25, 0.3) is 6.08 Å². The fourth-order valence-corrected chi connectivity index (χ4v) is 2.76. The molecule has 2 amide bonds. The lowest BCUT2D eigenvalue weighted by Gasteiger charge is -2.06. The highest BCUT2D eigenvalue weighted by atomic mass is 16.7. The van der Waals surface area contributed by atoms with Crippen LogP contribution >= 0.6 is 0 Å². The third-order valence-electron chi connectivity index (χ3n) is 4.20. The molecule has 1 aliphatic heterocycles. The summed E-state index contributed by atoms with van der Waals surface area (Å²) in [6, 6.07) is 14.7. The molecule has 2 heterocycles. The van der Waals surface area contributed by atoms with Crippen molar-refractivity contribution in [3.05, 3.63) is 83.7 Å². The lowest BCUT2D eigenvalue weighted by Crippen LogP contribution is -2.40. The van der Waals surface area contributed by atoms with Gasteiger partial charge in [0.25, 0.3) is 11.8 Å². The van der Waals surface area contributed by atoms with Gasteiger partial charge in [-0.15, -0.1) is 0 Å². The van der Waals surface area contributed by atoms with Gasteiger partial charge in [-0.25, -0.2) is 0 Å². The molecule has 8 heteroatoms. The largest absolute Gasteiger partial charge is 0.454 e. The quantitative estimate of drug-likeness (QED) is 0.514. The number of nitrogens with one attached hydrogen (secondary N) is 2. The normalized spacial score (nSPS) is 12.1. The maximum Gasteiger partial charge on any atom is 0.269 e. The van der Waals surface area contributed by atoms with Crippen LogP contribution in [0.3, 0.4) is 0 Å². The number of hydrogen-bond acceptors (Lipinski definition) is 5. The molecule has 0 saturated heterocycles. The van der Waals surface area contributed by atoms with Crippen LogP contribution in [0.1, 0.15) is 21.5 Å². The number of nitrogens with zero attached hydrogens (tertiary/aromatic N) is 2. The van der Waals surface area contributed by atoms with Crippen LogP contribution in [0.2, 0.25) is 0 Å². The van der Waals surface area contributed by atoms with Crippen molar-refractivity contribution >= 4 is 17.9 Å². The lowest BCUT2D eigenvalue weighted by atomic mass is 10.2. The van der Waals surface area contributed by atoms with Gasteiger partial charge in [0.2, 0.25) is 6.79 Å². The van der Waals surface area contributed by atoms with Gasteiger partial charge in [-0.3, -0.25) is 25.1 Å². The van der Waals surface area contributed by atoms with Crippen molar-refractivity contribution in [2.45, 2.75) is 6.54 Å². The Morgan fingerprint density at radius 2 is 1.90 bits per heavy atom. The molecule has 8 nitrogen and oxygen atoms in total. The number of benzene rings is 2. The number of amides is 2. The number of hydrazine groups is 1. The Bertz CT molecular complexity index is 1060. The van der Waals surface area contributed by atoms with E-state index in [0.29, 0.717) is 23.6 Å². The van der Waals surface area contributed by atoms with Gasteiger partial charge in [0.1, 0.15) is 0 Å². The summed E-state index contributed by atoms with van der Waals surface area (Å²) in [4.78, 5) is 24.1. The molecule has 1 aliphatic rings. The second-order valence-electron chi connectivity index (χ2n) is 6.30. The van der Waals surface area contributed by atoms with E-state index in [1.807, 2.05) is 36.5 Å². The van der Waals surface area contributed by atoms with E-state index in [2.05, 4.69) is 16.0 Å². The first-order valence-electron chi connectivity index (χ1n) is 8.92. The zero-order valence-electron chi connectivity index (χ0n) is 15.4. The molecule has 0 fully saturated rings. The van der Waals surface area contributed by atoms with Gasteiger partial charge >= 0.3 is 0 Å². The molecule has 0 radical (unpaired) electrons. The molecular weight excluding hydrogens is 372 g/mol. The number of carbonyl (C=O) groups is 2. The standard InChI is InChI=1S/C21H18N4O4/c26-20(23-24-21(27)17-7-8-18-19(10-17)29-14-28-18)9-6-16-11-22-25(13-16)12-15-4-2-1-3-5-15/h1-11,13H,12,14H2,(H,23,26)(H,24,27)/b9-6+. The molecule has 0 spiro atoms. The molecule has 1 aromatic heterocycles. The summed E-state index contributed by atoms with van der Waals surface area (Å²) < 4.78 is 12.2. The first kappa shape index (κ1) is 18.3. The number of aromatic nitrogens is 2. The number of carbonyl (C=O) groups excluding carboxylic acids is 2. The van der Waals surface area contributed by atoms with Gasteiger partial charge in [0.15, 0.2) is 11.5 Å². The van der Waals surface area contributed by atoms with Gasteiger partial charge in [0.05, 0.1) is 12.7 Å². The van der Waals surface area contributed by atoms with Crippen LogP contribution in [-0.2, 0) is 11.3 Å². The molecule has 146 valence electrons. The SMILES string of the molecule is O=C(/C=C/c1cnn(Cc2ccccc2)c1)NNC(=O)c1ccc2c(c1)OCO2. The summed E-state index contributed by atoms with van der Waals surface area (Å²) >= 11 is 0. The molecule has 29 heavy (non-hydrogen) atoms. The predicted octanol–water partition coefficient (Wildman–Crippen LogP) is 2.13. The average molecular weight is 390 g/mol. The summed E-state index contributed by atoms with van der Waals surface area (Å²) in [5.41, 5.74) is 6.96. The maximum atomic E-state index is 12.1. The first-order chi connectivity index (χ1) is 14.2. The summed E-state index contributed by atoms with van der Waals surface area (Å²) in [6.45, 7) is 0.774. The third kappa shape index (κ3) is 4.62. The van der Waals surface area contributed by atoms with E-state index >= 15 is 0 Å². The smallest absolute Gasteiger partial charge is 0.269 e. The summed E-state index contributed by atoms with van der Waals surface area (Å²) in [5, 5.41) is 4.27. The highest BCUT2D eigenvalue weighted by Crippen LogP contribution is 2.32. The van der Waals surface area contributed by atoms with Crippen molar-refractivity contribution in [1.29, 1.82) is 0 Å². The topological polar surface area (TPSA) is 94.5 Å². The van der Waals surface area contributed by atoms with Crippen LogP contribution in [0.5, 0.6) is 11.5 Å². The summed E-state index contributed by atoms with van der Waals surface area (Å²) in [5.74, 6) is 0.161. The molecular formula is C21H18N4O4. The minimum atomic E-state index is -0.463. The van der Waals surface area contributed by atoms with E-state index in [-0.39, 0.29) is 6.79 Å². The molecule has 2 aromatic carbocycles. The Morgan fingerprint density at radius 3 is 2.76 bits per heavy atom. The van der Waals surface area contributed by atoms with Crippen LogP contribution in [-0.4, -0.2) is 28.4 Å².